The van der Waals surface area contributed by atoms with Gasteiger partial charge in [0.15, 0.2) is 5.13 Å². The van der Waals surface area contributed by atoms with E-state index in [9.17, 15) is 17.6 Å². The van der Waals surface area contributed by atoms with Crippen molar-refractivity contribution >= 4 is 38.1 Å². The number of hydrogen-bond acceptors (Lipinski definition) is 5. The zero-order valence-electron chi connectivity index (χ0n) is 15.9. The molecule has 160 valence electrons. The van der Waals surface area contributed by atoms with Crippen LogP contribution in [0, 0.1) is 5.82 Å². The third-order valence-electron chi connectivity index (χ3n) is 4.41. The summed E-state index contributed by atoms with van der Waals surface area (Å²) in [7, 11) is -3.71. The van der Waals surface area contributed by atoms with Gasteiger partial charge in [0, 0.05) is 20.1 Å². The van der Waals surface area contributed by atoms with Gasteiger partial charge in [0.05, 0.1) is 10.5 Å². The van der Waals surface area contributed by atoms with Crippen LogP contribution in [0.25, 0.3) is 11.1 Å². The van der Waals surface area contributed by atoms with Gasteiger partial charge in [0.2, 0.25) is 0 Å². The van der Waals surface area contributed by atoms with Crippen LogP contribution in [0.4, 0.5) is 15.2 Å². The highest BCUT2D eigenvalue weighted by Crippen LogP contribution is 2.25. The summed E-state index contributed by atoms with van der Waals surface area (Å²) in [5, 5.41) is 4.64. The number of carbonyl (C=O) groups is 1. The summed E-state index contributed by atoms with van der Waals surface area (Å²) in [6.45, 7) is 0. The van der Waals surface area contributed by atoms with Crippen LogP contribution >= 0.6 is 11.3 Å². The lowest BCUT2D eigenvalue weighted by Crippen LogP contribution is -2.13. The Balaban J connectivity index is 0.00000193. The molecule has 1 heterocycles. The molecule has 0 fully saturated rings. The third-order valence-corrected chi connectivity index (χ3v) is 6.59. The number of benzene rings is 3. The molecule has 0 aliphatic heterocycles. The summed E-state index contributed by atoms with van der Waals surface area (Å²) in [6.07, 6.45) is 1.52. The Bertz CT molecular complexity index is 1320. The lowest BCUT2D eigenvalue weighted by molar-refractivity contribution is 0.102. The number of halogens is 1. The fourth-order valence-electron chi connectivity index (χ4n) is 2.86. The van der Waals surface area contributed by atoms with Crippen LogP contribution < -0.4 is 10.0 Å². The molecule has 0 bridgehead atoms. The van der Waals surface area contributed by atoms with E-state index in [2.05, 4.69) is 15.0 Å². The van der Waals surface area contributed by atoms with Crippen molar-refractivity contribution in [3.63, 3.8) is 0 Å². The van der Waals surface area contributed by atoms with Gasteiger partial charge < -0.3 is 5.32 Å². The van der Waals surface area contributed by atoms with Gasteiger partial charge in [-0.2, -0.15) is 0 Å². The van der Waals surface area contributed by atoms with Crippen molar-refractivity contribution in [2.24, 2.45) is 0 Å². The SMILES string of the molecule is O=C(Nc1ccc(-c2ccc(S(=O)(=O)Nc3nccs3)cc2)cc1)c1ccccc1F.[HH].[HH]. The molecule has 31 heavy (non-hydrogen) atoms. The number of amides is 1. The molecule has 0 spiro atoms. The first-order valence-corrected chi connectivity index (χ1v) is 11.5. The van der Waals surface area contributed by atoms with E-state index < -0.39 is 21.7 Å². The summed E-state index contributed by atoms with van der Waals surface area (Å²) >= 11 is 1.20. The third kappa shape index (κ3) is 4.79. The Morgan fingerprint density at radius 2 is 1.58 bits per heavy atom. The Morgan fingerprint density at radius 3 is 2.19 bits per heavy atom. The van der Waals surface area contributed by atoms with E-state index in [4.69, 9.17) is 0 Å². The molecule has 3 aromatic carbocycles. The maximum atomic E-state index is 13.7. The van der Waals surface area contributed by atoms with Gasteiger partial charge in [0.25, 0.3) is 15.9 Å². The molecule has 9 heteroatoms. The number of anilines is 2. The average Bonchev–Trinajstić information content (AvgIpc) is 3.27. The van der Waals surface area contributed by atoms with Crippen molar-refractivity contribution in [3.05, 3.63) is 95.8 Å². The summed E-state index contributed by atoms with van der Waals surface area (Å²) in [4.78, 5) is 16.3. The molecule has 6 nitrogen and oxygen atoms in total. The first-order chi connectivity index (χ1) is 14.9. The highest BCUT2D eigenvalue weighted by atomic mass is 32.2. The Labute approximate surface area is 185 Å². The number of nitrogens with zero attached hydrogens (tertiary/aromatic N) is 1. The van der Waals surface area contributed by atoms with Crippen LogP contribution in [-0.2, 0) is 10.0 Å². The second-order valence-electron chi connectivity index (χ2n) is 6.48. The Kier molecular flexibility index (Phi) is 5.79. The Hall–Kier alpha value is -3.56. The zero-order valence-corrected chi connectivity index (χ0v) is 17.6. The minimum atomic E-state index is -3.71. The first-order valence-electron chi connectivity index (χ1n) is 9.11. The topological polar surface area (TPSA) is 88.2 Å². The molecule has 1 aromatic heterocycles. The van der Waals surface area contributed by atoms with Crippen molar-refractivity contribution in [3.8, 4) is 11.1 Å². The molecule has 0 aliphatic carbocycles. The standard InChI is InChI=1S/C22H16FN3O3S2.2H2/c23-20-4-2-1-3-19(20)21(27)25-17-9-5-15(6-10-17)16-7-11-18(12-8-16)31(28,29)26-22-24-13-14-30-22;;/h1-14H,(H,24,26)(H,25,27);2*1H. The van der Waals surface area contributed by atoms with Crippen LogP contribution in [0.5, 0.6) is 0 Å². The van der Waals surface area contributed by atoms with Gasteiger partial charge in [-0.3, -0.25) is 9.52 Å². The number of aromatic nitrogens is 1. The quantitative estimate of drug-likeness (QED) is 0.400. The smallest absolute Gasteiger partial charge is 0.263 e. The minimum absolute atomic E-state index is 0. The summed E-state index contributed by atoms with van der Waals surface area (Å²) in [5.41, 5.74) is 2.12. The van der Waals surface area contributed by atoms with Crippen LogP contribution in [0.3, 0.4) is 0 Å². The Morgan fingerprint density at radius 1 is 0.935 bits per heavy atom. The fourth-order valence-corrected chi connectivity index (χ4v) is 4.65. The molecule has 0 unspecified atom stereocenters. The number of sulfonamides is 1. The molecule has 2 N–H and O–H groups in total. The largest absolute Gasteiger partial charge is 0.322 e. The molecule has 4 aromatic rings. The zero-order chi connectivity index (χ0) is 21.8. The summed E-state index contributed by atoms with van der Waals surface area (Å²) in [5.74, 6) is -1.12. The van der Waals surface area contributed by atoms with Gasteiger partial charge in [0.1, 0.15) is 5.82 Å². The first kappa shape index (κ1) is 20.7. The van der Waals surface area contributed by atoms with Crippen LogP contribution in [0.1, 0.15) is 13.2 Å². The molecule has 4 rings (SSSR count). The summed E-state index contributed by atoms with van der Waals surface area (Å²) < 4.78 is 41.0. The number of rotatable bonds is 6. The normalized spacial score (nSPS) is 11.1. The molecular formula is C22H20FN3O3S2. The van der Waals surface area contributed by atoms with Crippen LogP contribution in [0.2, 0.25) is 0 Å². The average molecular weight is 458 g/mol. The number of hydrogen-bond donors (Lipinski definition) is 2. The van der Waals surface area contributed by atoms with Crippen molar-refractivity contribution in [2.45, 2.75) is 4.90 Å². The predicted molar refractivity (Wildman–Crippen MR) is 123 cm³/mol. The fraction of sp³-hybridized carbons (Fsp3) is 0. The van der Waals surface area contributed by atoms with Crippen LogP contribution in [0.15, 0.2) is 89.3 Å². The lowest BCUT2D eigenvalue weighted by atomic mass is 10.1. The molecular weight excluding hydrogens is 437 g/mol. The van der Waals surface area contributed by atoms with Gasteiger partial charge in [-0.25, -0.2) is 17.8 Å². The van der Waals surface area contributed by atoms with E-state index in [0.29, 0.717) is 10.8 Å². The van der Waals surface area contributed by atoms with Crippen molar-refractivity contribution in [1.29, 1.82) is 0 Å². The van der Waals surface area contributed by atoms with Crippen molar-refractivity contribution in [2.75, 3.05) is 10.0 Å². The molecule has 0 aliphatic rings. The maximum Gasteiger partial charge on any atom is 0.263 e. The van der Waals surface area contributed by atoms with E-state index in [1.165, 1.54) is 47.9 Å². The number of carbonyl (C=O) groups excluding carboxylic acids is 1. The minimum Gasteiger partial charge on any atom is -0.322 e. The van der Waals surface area contributed by atoms with E-state index >= 15 is 0 Å². The van der Waals surface area contributed by atoms with E-state index in [1.807, 2.05) is 0 Å². The highest BCUT2D eigenvalue weighted by Gasteiger charge is 2.15. The second-order valence-corrected chi connectivity index (χ2v) is 9.06. The molecule has 0 saturated heterocycles. The van der Waals surface area contributed by atoms with Gasteiger partial charge in [-0.15, -0.1) is 11.3 Å². The monoisotopic (exact) mass is 457 g/mol. The predicted octanol–water partition coefficient (Wildman–Crippen LogP) is 5.49. The maximum absolute atomic E-state index is 13.7. The lowest BCUT2D eigenvalue weighted by Gasteiger charge is -2.09. The van der Waals surface area contributed by atoms with Crippen molar-refractivity contribution in [1.82, 2.24) is 4.98 Å². The molecule has 1 amide bonds. The molecule has 0 saturated carbocycles. The second kappa shape index (κ2) is 8.66. The molecule has 0 radical (unpaired) electrons. The summed E-state index contributed by atoms with van der Waals surface area (Å²) in [6, 6.07) is 19.1. The van der Waals surface area contributed by atoms with E-state index in [0.717, 1.165) is 11.1 Å². The van der Waals surface area contributed by atoms with E-state index in [-0.39, 0.29) is 13.3 Å². The van der Waals surface area contributed by atoms with Crippen molar-refractivity contribution < 1.29 is 20.5 Å². The van der Waals surface area contributed by atoms with E-state index in [1.54, 1.807) is 47.8 Å². The van der Waals surface area contributed by atoms with Gasteiger partial charge in [-0.1, -0.05) is 36.4 Å². The molecule has 0 atom stereocenters. The number of thiazole rings is 1. The van der Waals surface area contributed by atoms with Crippen LogP contribution in [-0.4, -0.2) is 19.3 Å². The number of nitrogens with one attached hydrogen (secondary N) is 2. The highest BCUT2D eigenvalue weighted by molar-refractivity contribution is 7.93. The van der Waals surface area contributed by atoms with Gasteiger partial charge in [-0.05, 0) is 47.5 Å². The van der Waals surface area contributed by atoms with Gasteiger partial charge >= 0.3 is 0 Å².